The Hall–Kier alpha value is -3.45. The van der Waals surface area contributed by atoms with Crippen molar-refractivity contribution in [2.45, 2.75) is 6.42 Å². The summed E-state index contributed by atoms with van der Waals surface area (Å²) in [5, 5.41) is 17.9. The predicted molar refractivity (Wildman–Crippen MR) is 119 cm³/mol. The van der Waals surface area contributed by atoms with E-state index in [4.69, 9.17) is 5.41 Å². The molecule has 1 aliphatic rings. The standard InChI is InChI=1S/C27H19N/c28-27-20(15-17-7-2-1-3-8-17)16-19-11-6-13-22-21-12-4-9-18-10-5-14-23(24(18)21)26(27)25(19)22/h1-14,16,20,28H,15H2. The van der Waals surface area contributed by atoms with Crippen LogP contribution >= 0.6 is 0 Å². The molecule has 0 aliphatic heterocycles. The third-order valence-electron chi connectivity index (χ3n) is 6.13. The van der Waals surface area contributed by atoms with Crippen LogP contribution in [0.2, 0.25) is 0 Å². The first kappa shape index (κ1) is 15.6. The van der Waals surface area contributed by atoms with Crippen molar-refractivity contribution in [3.63, 3.8) is 0 Å². The van der Waals surface area contributed by atoms with Crippen LogP contribution < -0.4 is 5.22 Å². The van der Waals surface area contributed by atoms with Gasteiger partial charge in [-0.2, -0.15) is 0 Å². The highest BCUT2D eigenvalue weighted by atomic mass is 14.5. The first-order chi connectivity index (χ1) is 13.8. The Labute approximate surface area is 163 Å². The van der Waals surface area contributed by atoms with Crippen molar-refractivity contribution < 1.29 is 0 Å². The van der Waals surface area contributed by atoms with E-state index in [0.717, 1.165) is 17.7 Å². The number of hydrogen-bond acceptors (Lipinski definition) is 1. The average Bonchev–Trinajstić information content (AvgIpc) is 2.74. The second-order valence-corrected chi connectivity index (χ2v) is 7.73. The van der Waals surface area contributed by atoms with Crippen molar-refractivity contribution in [2.75, 3.05) is 0 Å². The fourth-order valence-corrected chi connectivity index (χ4v) is 4.92. The van der Waals surface area contributed by atoms with Crippen LogP contribution in [-0.2, 0) is 6.42 Å². The molecule has 1 nitrogen and oxygen atoms in total. The summed E-state index contributed by atoms with van der Waals surface area (Å²) >= 11 is 0. The second kappa shape index (κ2) is 5.77. The number of nitrogens with one attached hydrogen (secondary N) is 1. The molecule has 1 aliphatic carbocycles. The fraction of sp³-hybridized carbons (Fsp3) is 0.0741. The number of benzene rings is 5. The Balaban J connectivity index is 1.72. The van der Waals surface area contributed by atoms with E-state index in [-0.39, 0.29) is 5.92 Å². The van der Waals surface area contributed by atoms with Crippen molar-refractivity contribution in [2.24, 2.45) is 5.92 Å². The SMILES string of the molecule is N=C1c2c3cccc4cccc(c5cccc(c25)=CC1Cc1ccccc1)c43. The summed E-state index contributed by atoms with van der Waals surface area (Å²) in [6.45, 7) is 0. The largest absolute Gasteiger partial charge is 0.304 e. The van der Waals surface area contributed by atoms with Crippen molar-refractivity contribution in [3.8, 4) is 0 Å². The van der Waals surface area contributed by atoms with Crippen LogP contribution in [0.25, 0.3) is 38.4 Å². The minimum Gasteiger partial charge on any atom is -0.304 e. The predicted octanol–water partition coefficient (Wildman–Crippen LogP) is 5.89. The molecule has 0 spiro atoms. The maximum atomic E-state index is 9.15. The van der Waals surface area contributed by atoms with E-state index in [2.05, 4.69) is 91.0 Å². The highest BCUT2D eigenvalue weighted by Crippen LogP contribution is 2.38. The van der Waals surface area contributed by atoms with Gasteiger partial charge in [0.1, 0.15) is 0 Å². The van der Waals surface area contributed by atoms with E-state index >= 15 is 0 Å². The Kier molecular flexibility index (Phi) is 3.21. The van der Waals surface area contributed by atoms with Crippen LogP contribution in [0.1, 0.15) is 11.1 Å². The molecular formula is C27H19N. The number of hydrogen-bond donors (Lipinski definition) is 1. The molecule has 0 fully saturated rings. The molecule has 0 saturated heterocycles. The molecule has 5 aromatic rings. The zero-order chi connectivity index (χ0) is 18.7. The second-order valence-electron chi connectivity index (χ2n) is 7.73. The lowest BCUT2D eigenvalue weighted by Crippen LogP contribution is -2.25. The van der Waals surface area contributed by atoms with Gasteiger partial charge in [-0.1, -0.05) is 91.0 Å². The molecule has 1 unspecified atom stereocenters. The molecule has 0 saturated carbocycles. The van der Waals surface area contributed by atoms with Gasteiger partial charge in [-0.15, -0.1) is 0 Å². The molecule has 0 amide bonds. The summed E-state index contributed by atoms with van der Waals surface area (Å²) in [6, 6.07) is 30.1. The van der Waals surface area contributed by atoms with E-state index in [1.165, 1.54) is 43.1 Å². The lowest BCUT2D eigenvalue weighted by Gasteiger charge is -2.24. The molecule has 0 heterocycles. The molecule has 5 aromatic carbocycles. The van der Waals surface area contributed by atoms with Crippen molar-refractivity contribution in [1.82, 2.24) is 0 Å². The zero-order valence-corrected chi connectivity index (χ0v) is 15.4. The van der Waals surface area contributed by atoms with E-state index < -0.39 is 0 Å². The average molecular weight is 357 g/mol. The molecule has 6 rings (SSSR count). The Morgan fingerprint density at radius 2 is 1.32 bits per heavy atom. The van der Waals surface area contributed by atoms with Gasteiger partial charge in [0.25, 0.3) is 0 Å². The van der Waals surface area contributed by atoms with Crippen LogP contribution in [0.5, 0.6) is 0 Å². The molecule has 132 valence electrons. The first-order valence-electron chi connectivity index (χ1n) is 9.82. The molecule has 0 radical (unpaired) electrons. The molecular weight excluding hydrogens is 338 g/mol. The van der Waals surface area contributed by atoms with Crippen LogP contribution in [0, 0.1) is 11.3 Å². The van der Waals surface area contributed by atoms with E-state index in [1.54, 1.807) is 0 Å². The van der Waals surface area contributed by atoms with Gasteiger partial charge in [0.15, 0.2) is 0 Å². The quantitative estimate of drug-likeness (QED) is 0.301. The monoisotopic (exact) mass is 357 g/mol. The van der Waals surface area contributed by atoms with Crippen molar-refractivity contribution in [3.05, 3.63) is 101 Å². The highest BCUT2D eigenvalue weighted by molar-refractivity contribution is 6.31. The molecule has 1 N–H and O–H groups in total. The minimum atomic E-state index is 0.0978. The van der Waals surface area contributed by atoms with Gasteiger partial charge < -0.3 is 5.41 Å². The van der Waals surface area contributed by atoms with E-state index in [0.29, 0.717) is 0 Å². The molecule has 1 heteroatoms. The Bertz CT molecular complexity index is 1440. The molecule has 28 heavy (non-hydrogen) atoms. The maximum absolute atomic E-state index is 9.15. The van der Waals surface area contributed by atoms with Crippen molar-refractivity contribution >= 4 is 44.1 Å². The van der Waals surface area contributed by atoms with Gasteiger partial charge in [0.2, 0.25) is 0 Å². The van der Waals surface area contributed by atoms with E-state index in [9.17, 15) is 0 Å². The van der Waals surface area contributed by atoms with Crippen LogP contribution in [0.4, 0.5) is 0 Å². The van der Waals surface area contributed by atoms with Gasteiger partial charge in [-0.05, 0) is 49.5 Å². The molecule has 0 bridgehead atoms. The fourth-order valence-electron chi connectivity index (χ4n) is 4.92. The van der Waals surface area contributed by atoms with Gasteiger partial charge >= 0.3 is 0 Å². The highest BCUT2D eigenvalue weighted by Gasteiger charge is 2.25. The van der Waals surface area contributed by atoms with Gasteiger partial charge in [-0.25, -0.2) is 0 Å². The Morgan fingerprint density at radius 3 is 2.11 bits per heavy atom. The third-order valence-corrected chi connectivity index (χ3v) is 6.13. The number of rotatable bonds is 2. The normalized spacial score (nSPS) is 16.0. The Morgan fingerprint density at radius 1 is 0.643 bits per heavy atom. The van der Waals surface area contributed by atoms with Crippen LogP contribution in [0.3, 0.4) is 0 Å². The summed E-state index contributed by atoms with van der Waals surface area (Å²) in [5.74, 6) is 0.0978. The van der Waals surface area contributed by atoms with Gasteiger partial charge in [0.05, 0.1) is 0 Å². The van der Waals surface area contributed by atoms with Crippen molar-refractivity contribution in [1.29, 1.82) is 5.41 Å². The smallest absolute Gasteiger partial charge is 0.0471 e. The topological polar surface area (TPSA) is 23.9 Å². The third kappa shape index (κ3) is 2.10. The molecule has 1 atom stereocenters. The van der Waals surface area contributed by atoms with E-state index in [1.807, 2.05) is 0 Å². The van der Waals surface area contributed by atoms with Crippen LogP contribution in [-0.4, -0.2) is 5.71 Å². The lowest BCUT2D eigenvalue weighted by atomic mass is 9.79. The summed E-state index contributed by atoms with van der Waals surface area (Å²) < 4.78 is 0. The maximum Gasteiger partial charge on any atom is 0.0471 e. The minimum absolute atomic E-state index is 0.0978. The summed E-state index contributed by atoms with van der Waals surface area (Å²) in [6.07, 6.45) is 3.16. The number of fused-ring (bicyclic) bond motifs is 2. The summed E-state index contributed by atoms with van der Waals surface area (Å²) in [7, 11) is 0. The summed E-state index contributed by atoms with van der Waals surface area (Å²) in [5.41, 5.74) is 3.15. The first-order valence-corrected chi connectivity index (χ1v) is 9.82. The zero-order valence-electron chi connectivity index (χ0n) is 15.4. The lowest BCUT2D eigenvalue weighted by molar-refractivity contribution is 0.881. The van der Waals surface area contributed by atoms with Gasteiger partial charge in [-0.3, -0.25) is 0 Å². The summed E-state index contributed by atoms with van der Waals surface area (Å²) in [4.78, 5) is 0. The molecule has 0 aromatic heterocycles. The van der Waals surface area contributed by atoms with Gasteiger partial charge in [0, 0.05) is 17.2 Å². The van der Waals surface area contributed by atoms with Crippen LogP contribution in [0.15, 0.2) is 84.9 Å².